The van der Waals surface area contributed by atoms with Crippen molar-refractivity contribution in [1.82, 2.24) is 14.9 Å². The van der Waals surface area contributed by atoms with Gasteiger partial charge in [-0.3, -0.25) is 0 Å². The van der Waals surface area contributed by atoms with Crippen molar-refractivity contribution in [3.63, 3.8) is 0 Å². The first-order valence-corrected chi connectivity index (χ1v) is 7.27. The van der Waals surface area contributed by atoms with E-state index in [1.807, 2.05) is 6.92 Å². The van der Waals surface area contributed by atoms with Gasteiger partial charge in [0.05, 0.1) is 11.0 Å². The molecule has 122 valence electrons. The molecule has 1 aromatic heterocycles. The molecule has 1 atom stereocenters. The minimum Gasteiger partial charge on any atom is -0.479 e. The molecule has 2 aromatic carbocycles. The van der Waals surface area contributed by atoms with E-state index in [2.05, 4.69) is 10.3 Å². The minimum absolute atomic E-state index is 0.382. The summed E-state index contributed by atoms with van der Waals surface area (Å²) in [5.74, 6) is -1.21. The van der Waals surface area contributed by atoms with E-state index < -0.39 is 23.7 Å². The van der Waals surface area contributed by atoms with E-state index >= 15 is 0 Å². The maximum atomic E-state index is 12.5. The largest absolute Gasteiger partial charge is 0.479 e. The van der Waals surface area contributed by atoms with E-state index in [0.717, 1.165) is 10.1 Å². The van der Waals surface area contributed by atoms with Crippen LogP contribution in [-0.4, -0.2) is 26.7 Å². The molecule has 1 unspecified atom stereocenters. The molecule has 3 N–H and O–H groups in total. The summed E-state index contributed by atoms with van der Waals surface area (Å²) in [5, 5.41) is 11.8. The molecule has 0 saturated heterocycles. The number of hydrogen-bond donors (Lipinski definition) is 3. The number of nitrogens with zero attached hydrogens (tertiary/aromatic N) is 1. The van der Waals surface area contributed by atoms with Crippen molar-refractivity contribution in [1.29, 1.82) is 0 Å². The van der Waals surface area contributed by atoms with E-state index in [1.165, 1.54) is 0 Å². The number of carboxylic acids is 1. The zero-order chi connectivity index (χ0) is 17.3. The van der Waals surface area contributed by atoms with Gasteiger partial charge < -0.3 is 15.4 Å². The van der Waals surface area contributed by atoms with Gasteiger partial charge in [-0.15, -0.1) is 0 Å². The van der Waals surface area contributed by atoms with Crippen LogP contribution in [0.2, 0.25) is 0 Å². The SMILES string of the molecule is Cc1ccc(C(NC(=O)n2c(=O)[nH]c3ccccc32)C(=O)O)cc1. The molecular weight excluding hydrogens is 310 g/mol. The monoisotopic (exact) mass is 325 g/mol. The van der Waals surface area contributed by atoms with Gasteiger partial charge in [-0.2, -0.15) is 0 Å². The molecule has 0 aliphatic carbocycles. The van der Waals surface area contributed by atoms with Crippen LogP contribution in [0.1, 0.15) is 17.2 Å². The number of carbonyl (C=O) groups is 2. The summed E-state index contributed by atoms with van der Waals surface area (Å²) in [6.45, 7) is 1.88. The zero-order valence-electron chi connectivity index (χ0n) is 12.8. The lowest BCUT2D eigenvalue weighted by molar-refractivity contribution is -0.139. The average molecular weight is 325 g/mol. The second kappa shape index (κ2) is 6.04. The highest BCUT2D eigenvalue weighted by molar-refractivity contribution is 5.91. The van der Waals surface area contributed by atoms with Gasteiger partial charge in [0.25, 0.3) is 0 Å². The summed E-state index contributed by atoms with van der Waals surface area (Å²) in [7, 11) is 0. The Morgan fingerprint density at radius 3 is 2.46 bits per heavy atom. The smallest absolute Gasteiger partial charge is 0.334 e. The Balaban J connectivity index is 1.96. The van der Waals surface area contributed by atoms with E-state index in [9.17, 15) is 19.5 Å². The number of carboxylic acid groups (broad SMARTS) is 1. The Kier molecular flexibility index (Phi) is 3.91. The molecule has 3 aromatic rings. The van der Waals surface area contributed by atoms with Crippen molar-refractivity contribution in [3.8, 4) is 0 Å². The highest BCUT2D eigenvalue weighted by Gasteiger charge is 2.24. The fourth-order valence-corrected chi connectivity index (χ4v) is 2.49. The van der Waals surface area contributed by atoms with E-state index in [0.29, 0.717) is 16.6 Å². The highest BCUT2D eigenvalue weighted by Crippen LogP contribution is 2.15. The van der Waals surface area contributed by atoms with Crippen molar-refractivity contribution < 1.29 is 14.7 Å². The first-order valence-electron chi connectivity index (χ1n) is 7.27. The third-order valence-electron chi connectivity index (χ3n) is 3.72. The Labute approximate surface area is 136 Å². The number of aliphatic carboxylic acids is 1. The Bertz CT molecular complexity index is 969. The molecule has 24 heavy (non-hydrogen) atoms. The highest BCUT2D eigenvalue weighted by atomic mass is 16.4. The number of nitrogens with one attached hydrogen (secondary N) is 2. The van der Waals surface area contributed by atoms with Crippen molar-refractivity contribution in [2.75, 3.05) is 0 Å². The summed E-state index contributed by atoms with van der Waals surface area (Å²) < 4.78 is 0.888. The number of imidazole rings is 1. The lowest BCUT2D eigenvalue weighted by atomic mass is 10.1. The zero-order valence-corrected chi connectivity index (χ0v) is 12.8. The molecule has 7 nitrogen and oxygen atoms in total. The van der Waals surface area contributed by atoms with E-state index in [4.69, 9.17) is 0 Å². The number of aryl methyl sites for hydroxylation is 1. The average Bonchev–Trinajstić information content (AvgIpc) is 2.89. The molecular formula is C17H15N3O4. The maximum Gasteiger partial charge on any atom is 0.334 e. The molecule has 0 spiro atoms. The van der Waals surface area contributed by atoms with Crippen LogP contribution >= 0.6 is 0 Å². The van der Waals surface area contributed by atoms with Crippen LogP contribution in [0.5, 0.6) is 0 Å². The van der Waals surface area contributed by atoms with Crippen LogP contribution in [0.3, 0.4) is 0 Å². The molecule has 0 saturated carbocycles. The van der Waals surface area contributed by atoms with Gasteiger partial charge in [0.1, 0.15) is 0 Å². The summed E-state index contributed by atoms with van der Waals surface area (Å²) in [5.41, 5.74) is 1.66. The Hall–Kier alpha value is -3.35. The molecule has 1 heterocycles. The number of amides is 1. The van der Waals surface area contributed by atoms with Crippen molar-refractivity contribution in [2.45, 2.75) is 13.0 Å². The summed E-state index contributed by atoms with van der Waals surface area (Å²) >= 11 is 0. The van der Waals surface area contributed by atoms with Crippen LogP contribution in [0.25, 0.3) is 11.0 Å². The number of fused-ring (bicyclic) bond motifs is 1. The number of aromatic nitrogens is 2. The van der Waals surface area contributed by atoms with Crippen LogP contribution in [0.15, 0.2) is 53.3 Å². The van der Waals surface area contributed by atoms with Gasteiger partial charge >= 0.3 is 17.7 Å². The lowest BCUT2D eigenvalue weighted by Gasteiger charge is -2.15. The quantitative estimate of drug-likeness (QED) is 0.685. The first kappa shape index (κ1) is 15.5. The topological polar surface area (TPSA) is 104 Å². The predicted octanol–water partition coefficient (Wildman–Crippen LogP) is 2.02. The third-order valence-corrected chi connectivity index (χ3v) is 3.72. The van der Waals surface area contributed by atoms with Crippen molar-refractivity contribution in [2.24, 2.45) is 0 Å². The third kappa shape index (κ3) is 2.79. The number of H-pyrrole nitrogens is 1. The van der Waals surface area contributed by atoms with Crippen LogP contribution in [-0.2, 0) is 4.79 Å². The predicted molar refractivity (Wildman–Crippen MR) is 88.0 cm³/mol. The summed E-state index contributed by atoms with van der Waals surface area (Å²) in [6, 6.07) is 11.4. The maximum absolute atomic E-state index is 12.5. The van der Waals surface area contributed by atoms with Crippen LogP contribution in [0, 0.1) is 6.92 Å². The minimum atomic E-state index is -1.25. The fraction of sp³-hybridized carbons (Fsp3) is 0.118. The molecule has 3 rings (SSSR count). The number of hydrogen-bond acceptors (Lipinski definition) is 3. The van der Waals surface area contributed by atoms with Gasteiger partial charge in [-0.05, 0) is 24.6 Å². The Morgan fingerprint density at radius 1 is 1.12 bits per heavy atom. The van der Waals surface area contributed by atoms with Crippen molar-refractivity contribution >= 4 is 23.0 Å². The van der Waals surface area contributed by atoms with Gasteiger partial charge in [0, 0.05) is 0 Å². The van der Waals surface area contributed by atoms with Crippen LogP contribution in [0.4, 0.5) is 4.79 Å². The first-order chi connectivity index (χ1) is 11.5. The number of para-hydroxylation sites is 2. The van der Waals surface area contributed by atoms with Gasteiger partial charge in [0.15, 0.2) is 6.04 Å². The second-order valence-electron chi connectivity index (χ2n) is 5.41. The standard InChI is InChI=1S/C17H15N3O4/c1-10-6-8-11(9-7-10)14(15(21)22)19-17(24)20-13-5-3-2-4-12(13)18-16(20)23/h2-9,14H,1H3,(H,18,23)(H,19,24)(H,21,22). The van der Waals surface area contributed by atoms with Gasteiger partial charge in [0.2, 0.25) is 0 Å². The lowest BCUT2D eigenvalue weighted by Crippen LogP contribution is -2.40. The number of carbonyl (C=O) groups excluding carboxylic acids is 1. The normalized spacial score (nSPS) is 12.0. The summed E-state index contributed by atoms with van der Waals surface area (Å²) in [4.78, 5) is 38.6. The molecule has 0 radical (unpaired) electrons. The molecule has 7 heteroatoms. The molecule has 1 amide bonds. The summed E-state index contributed by atoms with van der Waals surface area (Å²) in [6.07, 6.45) is 0. The van der Waals surface area contributed by atoms with Crippen molar-refractivity contribution in [3.05, 3.63) is 70.1 Å². The molecule has 0 aliphatic rings. The number of benzene rings is 2. The van der Waals surface area contributed by atoms with E-state index in [-0.39, 0.29) is 0 Å². The Morgan fingerprint density at radius 2 is 1.79 bits per heavy atom. The van der Waals surface area contributed by atoms with Crippen LogP contribution < -0.4 is 11.0 Å². The number of aromatic amines is 1. The fourth-order valence-electron chi connectivity index (χ4n) is 2.49. The molecule has 0 aliphatic heterocycles. The second-order valence-corrected chi connectivity index (χ2v) is 5.41. The molecule has 0 bridgehead atoms. The van der Waals surface area contributed by atoms with E-state index in [1.54, 1.807) is 48.5 Å². The van der Waals surface area contributed by atoms with Gasteiger partial charge in [-0.1, -0.05) is 42.0 Å². The molecule has 0 fully saturated rings. The number of rotatable bonds is 3. The van der Waals surface area contributed by atoms with Gasteiger partial charge in [-0.25, -0.2) is 19.0 Å².